The van der Waals surface area contributed by atoms with Crippen LogP contribution in [-0.4, -0.2) is 36.8 Å². The molecule has 1 saturated heterocycles. The van der Waals surface area contributed by atoms with Crippen molar-refractivity contribution in [3.05, 3.63) is 46.1 Å². The number of anilines is 2. The van der Waals surface area contributed by atoms with Crippen LogP contribution in [0.15, 0.2) is 24.3 Å². The zero-order valence-corrected chi connectivity index (χ0v) is 15.3. The molecule has 6 nitrogen and oxygen atoms in total. The Bertz CT molecular complexity index is 721. The maximum absolute atomic E-state index is 6.57. The SMILES string of the molecule is COCc1ccc(C2COCCCN2c2cc(C)nc(N)n2)c(Cl)c1. The summed E-state index contributed by atoms with van der Waals surface area (Å²) in [5, 5.41) is 0.703. The molecule has 2 N–H and O–H groups in total. The van der Waals surface area contributed by atoms with Gasteiger partial charge in [0.15, 0.2) is 0 Å². The average Bonchev–Trinajstić information content (AvgIpc) is 2.80. The molecule has 0 aliphatic carbocycles. The summed E-state index contributed by atoms with van der Waals surface area (Å²) in [6.45, 7) is 4.53. The number of nitrogens with zero attached hydrogens (tertiary/aromatic N) is 3. The van der Waals surface area contributed by atoms with Crippen LogP contribution in [0.5, 0.6) is 0 Å². The van der Waals surface area contributed by atoms with E-state index in [1.165, 1.54) is 0 Å². The zero-order chi connectivity index (χ0) is 17.8. The average molecular weight is 363 g/mol. The van der Waals surface area contributed by atoms with Gasteiger partial charge in [0.1, 0.15) is 5.82 Å². The number of rotatable bonds is 4. The van der Waals surface area contributed by atoms with Crippen molar-refractivity contribution in [1.82, 2.24) is 9.97 Å². The van der Waals surface area contributed by atoms with Gasteiger partial charge < -0.3 is 20.1 Å². The first-order valence-corrected chi connectivity index (χ1v) is 8.69. The highest BCUT2D eigenvalue weighted by molar-refractivity contribution is 6.31. The van der Waals surface area contributed by atoms with Gasteiger partial charge in [0.05, 0.1) is 19.3 Å². The molecule has 0 spiro atoms. The van der Waals surface area contributed by atoms with Gasteiger partial charge >= 0.3 is 0 Å². The topological polar surface area (TPSA) is 73.5 Å². The fourth-order valence-electron chi connectivity index (χ4n) is 3.13. The van der Waals surface area contributed by atoms with Gasteiger partial charge in [0.2, 0.25) is 5.95 Å². The van der Waals surface area contributed by atoms with Crippen LogP contribution < -0.4 is 10.6 Å². The number of methoxy groups -OCH3 is 1. The molecule has 1 aromatic heterocycles. The first-order valence-electron chi connectivity index (χ1n) is 8.31. The second kappa shape index (κ2) is 7.99. The molecule has 0 bridgehead atoms. The van der Waals surface area contributed by atoms with E-state index in [1.807, 2.05) is 31.2 Å². The number of nitrogen functional groups attached to an aromatic ring is 1. The Morgan fingerprint density at radius 3 is 2.92 bits per heavy atom. The number of aromatic nitrogens is 2. The van der Waals surface area contributed by atoms with Crippen molar-refractivity contribution in [3.8, 4) is 0 Å². The highest BCUT2D eigenvalue weighted by atomic mass is 35.5. The van der Waals surface area contributed by atoms with Gasteiger partial charge in [-0.2, -0.15) is 4.98 Å². The molecular formula is C18H23ClN4O2. The van der Waals surface area contributed by atoms with E-state index in [4.69, 9.17) is 26.8 Å². The maximum Gasteiger partial charge on any atom is 0.222 e. The van der Waals surface area contributed by atoms with Gasteiger partial charge in [-0.3, -0.25) is 0 Å². The summed E-state index contributed by atoms with van der Waals surface area (Å²) in [4.78, 5) is 10.8. The van der Waals surface area contributed by atoms with Gasteiger partial charge in [0, 0.05) is 37.0 Å². The Hall–Kier alpha value is -1.89. The van der Waals surface area contributed by atoms with Crippen LogP contribution in [-0.2, 0) is 16.1 Å². The number of hydrogen-bond donors (Lipinski definition) is 1. The number of hydrogen-bond acceptors (Lipinski definition) is 6. The van der Waals surface area contributed by atoms with E-state index in [2.05, 4.69) is 14.9 Å². The lowest BCUT2D eigenvalue weighted by Gasteiger charge is -2.31. The first kappa shape index (κ1) is 17.9. The van der Waals surface area contributed by atoms with Crippen LogP contribution in [0.25, 0.3) is 0 Å². The summed E-state index contributed by atoms with van der Waals surface area (Å²) in [5.41, 5.74) is 8.75. The van der Waals surface area contributed by atoms with Crippen LogP contribution in [0, 0.1) is 6.92 Å². The zero-order valence-electron chi connectivity index (χ0n) is 14.5. The molecule has 1 unspecified atom stereocenters. The second-order valence-corrected chi connectivity index (χ2v) is 6.56. The van der Waals surface area contributed by atoms with E-state index in [-0.39, 0.29) is 12.0 Å². The van der Waals surface area contributed by atoms with E-state index >= 15 is 0 Å². The van der Waals surface area contributed by atoms with Crippen LogP contribution in [0.3, 0.4) is 0 Å². The summed E-state index contributed by atoms with van der Waals surface area (Å²) >= 11 is 6.57. The molecule has 134 valence electrons. The summed E-state index contributed by atoms with van der Waals surface area (Å²) < 4.78 is 11.0. The predicted octanol–water partition coefficient (Wildman–Crippen LogP) is 3.14. The second-order valence-electron chi connectivity index (χ2n) is 6.15. The van der Waals surface area contributed by atoms with Gasteiger partial charge in [-0.25, -0.2) is 4.98 Å². The molecule has 1 fully saturated rings. The molecule has 1 aliphatic rings. The minimum atomic E-state index is -0.0275. The first-order chi connectivity index (χ1) is 12.1. The summed E-state index contributed by atoms with van der Waals surface area (Å²) in [7, 11) is 1.67. The lowest BCUT2D eigenvalue weighted by molar-refractivity contribution is 0.134. The number of nitrogens with two attached hydrogens (primary N) is 1. The molecule has 0 radical (unpaired) electrons. The maximum atomic E-state index is 6.57. The molecule has 0 saturated carbocycles. The fourth-order valence-corrected chi connectivity index (χ4v) is 3.46. The van der Waals surface area contributed by atoms with E-state index in [0.717, 1.165) is 35.6 Å². The smallest absolute Gasteiger partial charge is 0.222 e. The summed E-state index contributed by atoms with van der Waals surface area (Å²) in [5.74, 6) is 1.08. The van der Waals surface area contributed by atoms with Crippen LogP contribution in [0.4, 0.5) is 11.8 Å². The van der Waals surface area contributed by atoms with Crippen molar-refractivity contribution in [2.45, 2.75) is 26.0 Å². The highest BCUT2D eigenvalue weighted by Gasteiger charge is 2.27. The highest BCUT2D eigenvalue weighted by Crippen LogP contribution is 2.33. The third kappa shape index (κ3) is 4.21. The molecule has 2 heterocycles. The molecule has 1 atom stereocenters. The van der Waals surface area contributed by atoms with Crippen molar-refractivity contribution in [2.75, 3.05) is 37.5 Å². The monoisotopic (exact) mass is 362 g/mol. The van der Waals surface area contributed by atoms with E-state index in [9.17, 15) is 0 Å². The lowest BCUT2D eigenvalue weighted by Crippen LogP contribution is -2.32. The molecule has 0 amide bonds. The quantitative estimate of drug-likeness (QED) is 0.900. The van der Waals surface area contributed by atoms with Crippen molar-refractivity contribution < 1.29 is 9.47 Å². The molecule has 1 aliphatic heterocycles. The molecular weight excluding hydrogens is 340 g/mol. The van der Waals surface area contributed by atoms with Gasteiger partial charge in [0.25, 0.3) is 0 Å². The van der Waals surface area contributed by atoms with Crippen LogP contribution in [0.2, 0.25) is 5.02 Å². The molecule has 1 aromatic carbocycles. The van der Waals surface area contributed by atoms with E-state index in [1.54, 1.807) is 7.11 Å². The van der Waals surface area contributed by atoms with Crippen molar-refractivity contribution in [3.63, 3.8) is 0 Å². The van der Waals surface area contributed by atoms with Gasteiger partial charge in [-0.15, -0.1) is 0 Å². The number of ether oxygens (including phenoxy) is 2. The number of benzene rings is 1. The van der Waals surface area contributed by atoms with Crippen LogP contribution >= 0.6 is 11.6 Å². The number of halogens is 1. The van der Waals surface area contributed by atoms with Crippen LogP contribution in [0.1, 0.15) is 29.3 Å². The Balaban J connectivity index is 1.98. The molecule has 25 heavy (non-hydrogen) atoms. The van der Waals surface area contributed by atoms with Gasteiger partial charge in [-0.1, -0.05) is 23.7 Å². The Labute approximate surface area is 152 Å². The fraction of sp³-hybridized carbons (Fsp3) is 0.444. The summed E-state index contributed by atoms with van der Waals surface area (Å²) in [6.07, 6.45) is 0.916. The van der Waals surface area contributed by atoms with Crippen molar-refractivity contribution in [2.24, 2.45) is 0 Å². The minimum Gasteiger partial charge on any atom is -0.380 e. The Morgan fingerprint density at radius 1 is 1.36 bits per heavy atom. The number of aryl methyl sites for hydroxylation is 1. The lowest BCUT2D eigenvalue weighted by atomic mass is 10.0. The van der Waals surface area contributed by atoms with Crippen molar-refractivity contribution in [1.29, 1.82) is 0 Å². The predicted molar refractivity (Wildman–Crippen MR) is 98.9 cm³/mol. The minimum absolute atomic E-state index is 0.0275. The van der Waals surface area contributed by atoms with E-state index in [0.29, 0.717) is 24.8 Å². The van der Waals surface area contributed by atoms with Gasteiger partial charge in [-0.05, 0) is 30.5 Å². The van der Waals surface area contributed by atoms with Crippen molar-refractivity contribution >= 4 is 23.4 Å². The Morgan fingerprint density at radius 2 is 2.20 bits per heavy atom. The Kier molecular flexibility index (Phi) is 5.73. The normalized spacial score (nSPS) is 18.2. The van der Waals surface area contributed by atoms with E-state index < -0.39 is 0 Å². The molecule has 3 rings (SSSR count). The third-order valence-corrected chi connectivity index (χ3v) is 4.55. The molecule has 7 heteroatoms. The largest absolute Gasteiger partial charge is 0.380 e. The summed E-state index contributed by atoms with van der Waals surface area (Å²) in [6, 6.07) is 7.94. The standard InChI is InChI=1S/C18H23ClN4O2/c1-12-8-17(22-18(20)21-12)23-6-3-7-25-11-16(23)14-5-4-13(10-24-2)9-15(14)19/h4-5,8-9,16H,3,6-7,10-11H2,1-2H3,(H2,20,21,22). The third-order valence-electron chi connectivity index (χ3n) is 4.23. The molecule has 2 aromatic rings.